The lowest BCUT2D eigenvalue weighted by Crippen LogP contribution is -2.87. The Bertz CT molecular complexity index is 434. The number of benzene rings is 1. The highest BCUT2D eigenvalue weighted by Crippen LogP contribution is 2.13. The molecule has 0 bridgehead atoms. The van der Waals surface area contributed by atoms with Crippen LogP contribution in [0.3, 0.4) is 0 Å². The Hall–Kier alpha value is -1.59. The van der Waals surface area contributed by atoms with Crippen molar-refractivity contribution in [3.63, 3.8) is 0 Å². The number of carbonyl (C=O) groups is 2. The lowest BCUT2D eigenvalue weighted by Gasteiger charge is -2.10. The predicted molar refractivity (Wildman–Crippen MR) is 71.8 cm³/mol. The molecule has 6 heteroatoms. The molecule has 1 rings (SSSR count). The largest absolute Gasteiger partial charge is 0.450 e. The lowest BCUT2D eigenvalue weighted by atomic mass is 10.1. The van der Waals surface area contributed by atoms with Crippen molar-refractivity contribution in [2.75, 3.05) is 13.2 Å². The SMILES string of the molecule is CCOC(=O)NC(=O)C[NH2+][C@H](C)c1ccc(Cl)cc1. The van der Waals surface area contributed by atoms with Gasteiger partial charge in [-0.25, -0.2) is 4.79 Å². The van der Waals surface area contributed by atoms with Crippen LogP contribution in [0.2, 0.25) is 5.02 Å². The van der Waals surface area contributed by atoms with Crippen LogP contribution >= 0.6 is 11.6 Å². The van der Waals surface area contributed by atoms with Crippen LogP contribution in [0, 0.1) is 0 Å². The summed E-state index contributed by atoms with van der Waals surface area (Å²) in [5, 5.41) is 4.65. The Balaban J connectivity index is 2.37. The van der Waals surface area contributed by atoms with E-state index in [1.54, 1.807) is 19.1 Å². The van der Waals surface area contributed by atoms with Crippen molar-refractivity contribution >= 4 is 23.6 Å². The van der Waals surface area contributed by atoms with E-state index in [1.807, 2.05) is 24.4 Å². The average molecular weight is 286 g/mol. The maximum Gasteiger partial charge on any atom is 0.414 e. The number of hydrogen-bond acceptors (Lipinski definition) is 3. The van der Waals surface area contributed by atoms with Crippen LogP contribution in [0.4, 0.5) is 4.79 Å². The zero-order chi connectivity index (χ0) is 14.3. The number of rotatable bonds is 5. The Morgan fingerprint density at radius 3 is 2.58 bits per heavy atom. The smallest absolute Gasteiger partial charge is 0.414 e. The molecule has 19 heavy (non-hydrogen) atoms. The molecule has 0 aliphatic heterocycles. The van der Waals surface area contributed by atoms with Crippen LogP contribution in [0.1, 0.15) is 25.5 Å². The van der Waals surface area contributed by atoms with Gasteiger partial charge in [-0.05, 0) is 26.0 Å². The summed E-state index contributed by atoms with van der Waals surface area (Å²) < 4.78 is 4.62. The number of hydrogen-bond donors (Lipinski definition) is 2. The molecular weight excluding hydrogens is 268 g/mol. The highest BCUT2D eigenvalue weighted by Gasteiger charge is 2.13. The first kappa shape index (κ1) is 15.5. The lowest BCUT2D eigenvalue weighted by molar-refractivity contribution is -0.682. The molecule has 104 valence electrons. The molecule has 0 radical (unpaired) electrons. The quantitative estimate of drug-likeness (QED) is 0.855. The van der Waals surface area contributed by atoms with Crippen LogP contribution in [0.15, 0.2) is 24.3 Å². The molecule has 5 nitrogen and oxygen atoms in total. The molecule has 1 aromatic carbocycles. The average Bonchev–Trinajstić information content (AvgIpc) is 2.37. The Morgan fingerprint density at radius 1 is 1.37 bits per heavy atom. The van der Waals surface area contributed by atoms with Crippen molar-refractivity contribution in [2.45, 2.75) is 19.9 Å². The summed E-state index contributed by atoms with van der Waals surface area (Å²) in [5.74, 6) is -0.376. The second-order valence-corrected chi connectivity index (χ2v) is 4.49. The molecule has 2 amide bonds. The first-order valence-corrected chi connectivity index (χ1v) is 6.46. The summed E-state index contributed by atoms with van der Waals surface area (Å²) in [4.78, 5) is 22.5. The van der Waals surface area contributed by atoms with Gasteiger partial charge in [0.1, 0.15) is 6.04 Å². The monoisotopic (exact) mass is 285 g/mol. The van der Waals surface area contributed by atoms with E-state index in [4.69, 9.17) is 11.6 Å². The van der Waals surface area contributed by atoms with Crippen LogP contribution in [-0.2, 0) is 9.53 Å². The number of ether oxygens (including phenoxy) is 1. The number of amides is 2. The summed E-state index contributed by atoms with van der Waals surface area (Å²) in [6, 6.07) is 7.53. The number of nitrogens with one attached hydrogen (secondary N) is 1. The fourth-order valence-electron chi connectivity index (χ4n) is 1.52. The van der Waals surface area contributed by atoms with Gasteiger partial charge in [-0.1, -0.05) is 23.7 Å². The molecule has 0 spiro atoms. The maximum absolute atomic E-state index is 11.5. The third-order valence-electron chi connectivity index (χ3n) is 2.57. The minimum atomic E-state index is -0.708. The van der Waals surface area contributed by atoms with Crippen molar-refractivity contribution in [2.24, 2.45) is 0 Å². The number of alkyl carbamates (subject to hydrolysis) is 1. The fraction of sp³-hybridized carbons (Fsp3) is 0.385. The predicted octanol–water partition coefficient (Wildman–Crippen LogP) is 1.24. The molecule has 3 N–H and O–H groups in total. The number of quaternary nitrogens is 1. The maximum atomic E-state index is 11.5. The Morgan fingerprint density at radius 2 is 2.00 bits per heavy atom. The van der Waals surface area contributed by atoms with Crippen molar-refractivity contribution < 1.29 is 19.6 Å². The van der Waals surface area contributed by atoms with Gasteiger partial charge < -0.3 is 10.1 Å². The molecule has 0 saturated carbocycles. The van der Waals surface area contributed by atoms with Crippen LogP contribution in [-0.4, -0.2) is 25.2 Å². The van der Waals surface area contributed by atoms with Gasteiger partial charge in [-0.3, -0.25) is 10.1 Å². The number of nitrogens with two attached hydrogens (primary N) is 1. The van der Waals surface area contributed by atoms with Crippen molar-refractivity contribution in [3.05, 3.63) is 34.9 Å². The molecule has 0 saturated heterocycles. The minimum Gasteiger partial charge on any atom is -0.450 e. The van der Waals surface area contributed by atoms with Gasteiger partial charge in [0.2, 0.25) is 0 Å². The van der Waals surface area contributed by atoms with Gasteiger partial charge in [0, 0.05) is 10.6 Å². The molecule has 1 atom stereocenters. The van der Waals surface area contributed by atoms with E-state index in [1.165, 1.54) is 0 Å². The number of carbonyl (C=O) groups excluding carboxylic acids is 2. The minimum absolute atomic E-state index is 0.102. The second kappa shape index (κ2) is 7.76. The first-order valence-electron chi connectivity index (χ1n) is 6.08. The van der Waals surface area contributed by atoms with E-state index >= 15 is 0 Å². The van der Waals surface area contributed by atoms with Crippen molar-refractivity contribution in [3.8, 4) is 0 Å². The zero-order valence-electron chi connectivity index (χ0n) is 11.0. The van der Waals surface area contributed by atoms with Crippen molar-refractivity contribution in [1.29, 1.82) is 0 Å². The summed E-state index contributed by atoms with van der Waals surface area (Å²) in [5.41, 5.74) is 1.06. The first-order chi connectivity index (χ1) is 9.02. The molecule has 0 aliphatic carbocycles. The molecule has 0 unspecified atom stereocenters. The van der Waals surface area contributed by atoms with Crippen molar-refractivity contribution in [1.82, 2.24) is 5.32 Å². The van der Waals surface area contributed by atoms with Gasteiger partial charge in [-0.15, -0.1) is 0 Å². The van der Waals surface area contributed by atoms with E-state index in [9.17, 15) is 9.59 Å². The van der Waals surface area contributed by atoms with Gasteiger partial charge in [0.15, 0.2) is 6.54 Å². The molecular formula is C13H18ClN2O3+. The number of halogens is 1. The molecule has 1 aromatic rings. The van der Waals surface area contributed by atoms with Crippen LogP contribution in [0.5, 0.6) is 0 Å². The van der Waals surface area contributed by atoms with Gasteiger partial charge >= 0.3 is 6.09 Å². The molecule has 0 heterocycles. The van der Waals surface area contributed by atoms with E-state index in [-0.39, 0.29) is 25.1 Å². The topological polar surface area (TPSA) is 72.0 Å². The van der Waals surface area contributed by atoms with E-state index in [2.05, 4.69) is 10.1 Å². The molecule has 0 fully saturated rings. The summed E-state index contributed by atoms with van der Waals surface area (Å²) in [6.07, 6.45) is -0.708. The van der Waals surface area contributed by atoms with Gasteiger partial charge in [-0.2, -0.15) is 0 Å². The van der Waals surface area contributed by atoms with Gasteiger partial charge in [0.05, 0.1) is 6.61 Å². The second-order valence-electron chi connectivity index (χ2n) is 4.05. The van der Waals surface area contributed by atoms with Gasteiger partial charge in [0.25, 0.3) is 5.91 Å². The van der Waals surface area contributed by atoms with E-state index < -0.39 is 6.09 Å². The van der Waals surface area contributed by atoms with Crippen LogP contribution < -0.4 is 10.6 Å². The number of imide groups is 1. The zero-order valence-corrected chi connectivity index (χ0v) is 11.7. The van der Waals surface area contributed by atoms with E-state index in [0.29, 0.717) is 5.02 Å². The standard InChI is InChI=1S/C13H17ClN2O3/c1-3-19-13(18)16-12(17)8-15-9(2)10-4-6-11(14)7-5-10/h4-7,9,15H,3,8H2,1-2H3,(H,16,17,18)/p+1/t9-/m1/s1. The Labute approximate surface area is 117 Å². The summed E-state index contributed by atoms with van der Waals surface area (Å²) in [6.45, 7) is 4.05. The third kappa shape index (κ3) is 5.72. The fourth-order valence-corrected chi connectivity index (χ4v) is 1.64. The third-order valence-corrected chi connectivity index (χ3v) is 2.82. The summed E-state index contributed by atoms with van der Waals surface area (Å²) in [7, 11) is 0. The highest BCUT2D eigenvalue weighted by molar-refractivity contribution is 6.30. The van der Waals surface area contributed by atoms with E-state index in [0.717, 1.165) is 5.56 Å². The Kier molecular flexibility index (Phi) is 6.32. The highest BCUT2D eigenvalue weighted by atomic mass is 35.5. The molecule has 0 aromatic heterocycles. The summed E-state index contributed by atoms with van der Waals surface area (Å²) >= 11 is 5.81. The molecule has 0 aliphatic rings. The normalized spacial score (nSPS) is 11.7. The van der Waals surface area contributed by atoms with Crippen LogP contribution in [0.25, 0.3) is 0 Å².